The Morgan fingerprint density at radius 2 is 2.45 bits per heavy atom. The topological polar surface area (TPSA) is 104 Å². The standard InChI is InChI=1S/C13H21N5O2/c1-18(12-4-2-3-6-17-12)13(19)11(15)10-20-9-8-16-7-5-14/h2-6,11,14,16H,7-10,15H2,1H3/t11-/m0/s1. The smallest absolute Gasteiger partial charge is 0.247 e. The summed E-state index contributed by atoms with van der Waals surface area (Å²) in [5.74, 6) is 0.316. The lowest BCUT2D eigenvalue weighted by Gasteiger charge is -2.20. The normalized spacial score (nSPS) is 11.9. The van der Waals surface area contributed by atoms with Crippen LogP contribution in [0.3, 0.4) is 0 Å². The number of amides is 1. The van der Waals surface area contributed by atoms with E-state index in [0.717, 1.165) is 0 Å². The van der Waals surface area contributed by atoms with Crippen LogP contribution in [0.25, 0.3) is 0 Å². The highest BCUT2D eigenvalue weighted by Gasteiger charge is 2.19. The van der Waals surface area contributed by atoms with Crippen LogP contribution < -0.4 is 16.0 Å². The van der Waals surface area contributed by atoms with Crippen molar-refractivity contribution in [2.75, 3.05) is 38.3 Å². The second kappa shape index (κ2) is 9.13. The predicted octanol–water partition coefficient (Wildman–Crippen LogP) is -0.373. The van der Waals surface area contributed by atoms with Gasteiger partial charge in [-0.15, -0.1) is 0 Å². The molecule has 20 heavy (non-hydrogen) atoms. The molecular formula is C13H21N5O2. The second-order valence-corrected chi connectivity index (χ2v) is 4.17. The lowest BCUT2D eigenvalue weighted by molar-refractivity contribution is -0.120. The number of anilines is 1. The van der Waals surface area contributed by atoms with E-state index in [1.165, 1.54) is 11.1 Å². The zero-order valence-electron chi connectivity index (χ0n) is 11.6. The fourth-order valence-corrected chi connectivity index (χ4v) is 1.51. The van der Waals surface area contributed by atoms with Crippen molar-refractivity contribution >= 4 is 17.9 Å². The number of aromatic nitrogens is 1. The van der Waals surface area contributed by atoms with Crippen molar-refractivity contribution in [2.24, 2.45) is 5.73 Å². The summed E-state index contributed by atoms with van der Waals surface area (Å²) in [7, 11) is 1.64. The van der Waals surface area contributed by atoms with Gasteiger partial charge in [0.05, 0.1) is 13.2 Å². The van der Waals surface area contributed by atoms with E-state index in [4.69, 9.17) is 15.9 Å². The Bertz CT molecular complexity index is 412. The van der Waals surface area contributed by atoms with Crippen LogP contribution in [0.4, 0.5) is 5.82 Å². The fourth-order valence-electron chi connectivity index (χ4n) is 1.51. The first-order chi connectivity index (χ1) is 9.66. The first kappa shape index (κ1) is 16.2. The Balaban J connectivity index is 2.30. The van der Waals surface area contributed by atoms with Gasteiger partial charge in [-0.2, -0.15) is 0 Å². The molecule has 7 heteroatoms. The summed E-state index contributed by atoms with van der Waals surface area (Å²) in [5.41, 5.74) is 5.80. The lowest BCUT2D eigenvalue weighted by atomic mass is 10.3. The van der Waals surface area contributed by atoms with Crippen molar-refractivity contribution in [2.45, 2.75) is 6.04 Å². The average Bonchev–Trinajstić information content (AvgIpc) is 2.50. The van der Waals surface area contributed by atoms with Gasteiger partial charge in [-0.05, 0) is 12.1 Å². The molecule has 1 aromatic heterocycles. The van der Waals surface area contributed by atoms with Gasteiger partial charge in [0, 0.05) is 32.5 Å². The molecule has 7 nitrogen and oxygen atoms in total. The van der Waals surface area contributed by atoms with E-state index in [0.29, 0.717) is 25.5 Å². The summed E-state index contributed by atoms with van der Waals surface area (Å²) >= 11 is 0. The number of nitrogens with one attached hydrogen (secondary N) is 2. The van der Waals surface area contributed by atoms with Gasteiger partial charge in [-0.3, -0.25) is 9.69 Å². The molecule has 1 rings (SSSR count). The first-order valence-corrected chi connectivity index (χ1v) is 6.38. The van der Waals surface area contributed by atoms with Crippen molar-refractivity contribution in [3.63, 3.8) is 0 Å². The molecular weight excluding hydrogens is 258 g/mol. The number of carbonyl (C=O) groups excluding carboxylic acids is 1. The minimum atomic E-state index is -0.718. The van der Waals surface area contributed by atoms with E-state index in [9.17, 15) is 4.79 Å². The van der Waals surface area contributed by atoms with Crippen LogP contribution in [0.1, 0.15) is 0 Å². The van der Waals surface area contributed by atoms with E-state index in [-0.39, 0.29) is 12.5 Å². The van der Waals surface area contributed by atoms with Gasteiger partial charge in [-0.1, -0.05) is 6.07 Å². The number of ether oxygens (including phenoxy) is 1. The SMILES string of the molecule is CN(C(=O)[C@@H](N)COCCNCC=N)c1ccccn1. The third-order valence-electron chi connectivity index (χ3n) is 2.61. The van der Waals surface area contributed by atoms with Crippen LogP contribution in [0.2, 0.25) is 0 Å². The maximum absolute atomic E-state index is 12.0. The Kier molecular flexibility index (Phi) is 7.41. The second-order valence-electron chi connectivity index (χ2n) is 4.17. The average molecular weight is 279 g/mol. The largest absolute Gasteiger partial charge is 0.378 e. The van der Waals surface area contributed by atoms with Crippen LogP contribution >= 0.6 is 0 Å². The molecule has 1 amide bonds. The van der Waals surface area contributed by atoms with E-state index >= 15 is 0 Å². The van der Waals surface area contributed by atoms with Gasteiger partial charge in [0.15, 0.2) is 0 Å². The minimum Gasteiger partial charge on any atom is -0.378 e. The van der Waals surface area contributed by atoms with Crippen molar-refractivity contribution in [3.05, 3.63) is 24.4 Å². The number of hydrogen-bond donors (Lipinski definition) is 3. The summed E-state index contributed by atoms with van der Waals surface area (Å²) in [6.45, 7) is 1.73. The number of hydrogen-bond acceptors (Lipinski definition) is 6. The predicted molar refractivity (Wildman–Crippen MR) is 78.1 cm³/mol. The van der Waals surface area contributed by atoms with Crippen molar-refractivity contribution in [3.8, 4) is 0 Å². The van der Waals surface area contributed by atoms with Crippen molar-refractivity contribution in [1.82, 2.24) is 10.3 Å². The maximum Gasteiger partial charge on any atom is 0.247 e. The Labute approximate surface area is 118 Å². The molecule has 0 bridgehead atoms. The molecule has 0 aliphatic carbocycles. The molecule has 110 valence electrons. The molecule has 1 aromatic rings. The molecule has 0 aliphatic rings. The number of rotatable bonds is 9. The molecule has 0 aromatic carbocycles. The molecule has 1 atom stereocenters. The highest BCUT2D eigenvalue weighted by molar-refractivity contribution is 5.95. The summed E-state index contributed by atoms with van der Waals surface area (Å²) in [6, 6.07) is 4.62. The highest BCUT2D eigenvalue weighted by atomic mass is 16.5. The van der Waals surface area contributed by atoms with E-state index in [1.54, 1.807) is 25.4 Å². The lowest BCUT2D eigenvalue weighted by Crippen LogP contribution is -2.45. The van der Waals surface area contributed by atoms with Crippen LogP contribution in [-0.4, -0.2) is 56.5 Å². The monoisotopic (exact) mass is 279 g/mol. The van der Waals surface area contributed by atoms with Gasteiger partial charge in [0.25, 0.3) is 0 Å². The number of likely N-dealkylation sites (N-methyl/N-ethyl adjacent to an activating group) is 1. The van der Waals surface area contributed by atoms with Gasteiger partial charge < -0.3 is 21.2 Å². The summed E-state index contributed by atoms with van der Waals surface area (Å²) in [6.07, 6.45) is 2.90. The third kappa shape index (κ3) is 5.43. The summed E-state index contributed by atoms with van der Waals surface area (Å²) in [5, 5.41) is 9.80. The zero-order chi connectivity index (χ0) is 14.8. The summed E-state index contributed by atoms with van der Waals surface area (Å²) in [4.78, 5) is 17.6. The molecule has 1 heterocycles. The van der Waals surface area contributed by atoms with E-state index in [2.05, 4.69) is 10.3 Å². The van der Waals surface area contributed by atoms with E-state index in [1.807, 2.05) is 6.07 Å². The third-order valence-corrected chi connectivity index (χ3v) is 2.61. The van der Waals surface area contributed by atoms with E-state index < -0.39 is 6.04 Å². The molecule has 4 N–H and O–H groups in total. The minimum absolute atomic E-state index is 0.155. The molecule has 0 aliphatic heterocycles. The van der Waals surface area contributed by atoms with Gasteiger partial charge >= 0.3 is 0 Å². The molecule has 0 saturated carbocycles. The van der Waals surface area contributed by atoms with Crippen LogP contribution in [0, 0.1) is 5.41 Å². The van der Waals surface area contributed by atoms with Crippen LogP contribution in [0.15, 0.2) is 24.4 Å². The highest BCUT2D eigenvalue weighted by Crippen LogP contribution is 2.07. The first-order valence-electron chi connectivity index (χ1n) is 6.38. The molecule has 0 radical (unpaired) electrons. The Hall–Kier alpha value is -1.83. The fraction of sp³-hybridized carbons (Fsp3) is 0.462. The quantitative estimate of drug-likeness (QED) is 0.422. The molecule has 0 spiro atoms. The van der Waals surface area contributed by atoms with Crippen LogP contribution in [-0.2, 0) is 9.53 Å². The molecule has 0 saturated heterocycles. The van der Waals surface area contributed by atoms with Gasteiger partial charge in [0.2, 0.25) is 5.91 Å². The number of pyridine rings is 1. The number of carbonyl (C=O) groups is 1. The zero-order valence-corrected chi connectivity index (χ0v) is 11.6. The maximum atomic E-state index is 12.0. The van der Waals surface area contributed by atoms with Crippen LogP contribution in [0.5, 0.6) is 0 Å². The number of nitrogens with zero attached hydrogens (tertiary/aromatic N) is 2. The summed E-state index contributed by atoms with van der Waals surface area (Å²) < 4.78 is 5.32. The Morgan fingerprint density at radius 3 is 3.10 bits per heavy atom. The van der Waals surface area contributed by atoms with Crippen molar-refractivity contribution < 1.29 is 9.53 Å². The molecule has 0 fully saturated rings. The number of nitrogens with two attached hydrogens (primary N) is 1. The molecule has 0 unspecified atom stereocenters. The van der Waals surface area contributed by atoms with Gasteiger partial charge in [0.1, 0.15) is 11.9 Å². The Morgan fingerprint density at radius 1 is 1.65 bits per heavy atom. The van der Waals surface area contributed by atoms with Gasteiger partial charge in [-0.25, -0.2) is 4.98 Å². The van der Waals surface area contributed by atoms with Crippen molar-refractivity contribution in [1.29, 1.82) is 5.41 Å².